The van der Waals surface area contributed by atoms with Crippen LogP contribution in [-0.4, -0.2) is 27.6 Å². The third kappa shape index (κ3) is 2.48. The minimum atomic E-state index is -0.289. The number of H-pyrrole nitrogens is 1. The van der Waals surface area contributed by atoms with Crippen molar-refractivity contribution in [1.29, 1.82) is 0 Å². The molecule has 8 heteroatoms. The van der Waals surface area contributed by atoms with Crippen molar-refractivity contribution < 1.29 is 13.9 Å². The Kier molecular flexibility index (Phi) is 3.61. The lowest BCUT2D eigenvalue weighted by Crippen LogP contribution is -2.17. The average molecular weight is 383 g/mol. The van der Waals surface area contributed by atoms with Crippen LogP contribution in [0.15, 0.2) is 46.2 Å². The monoisotopic (exact) mass is 383 g/mol. The molecule has 0 fully saturated rings. The van der Waals surface area contributed by atoms with Crippen molar-refractivity contribution in [2.24, 2.45) is 0 Å². The average Bonchev–Trinajstić information content (AvgIpc) is 3.26. The first kappa shape index (κ1) is 16.2. The van der Waals surface area contributed by atoms with Crippen LogP contribution >= 0.6 is 11.8 Å². The molecule has 0 saturated carbocycles. The molecule has 4 aromatic rings. The Balaban J connectivity index is 1.71. The third-order valence-electron chi connectivity index (χ3n) is 4.66. The predicted molar refractivity (Wildman–Crippen MR) is 101 cm³/mol. The molecule has 1 N–H and O–H groups in total. The van der Waals surface area contributed by atoms with Crippen LogP contribution in [0.3, 0.4) is 0 Å². The molecule has 0 amide bonds. The van der Waals surface area contributed by atoms with E-state index in [2.05, 4.69) is 9.97 Å². The first-order valence-electron chi connectivity index (χ1n) is 8.28. The minimum Gasteiger partial charge on any atom is -0.454 e. The Bertz CT molecular complexity index is 1260. The van der Waals surface area contributed by atoms with Gasteiger partial charge in [-0.25, -0.2) is 14.2 Å². The summed E-state index contributed by atoms with van der Waals surface area (Å²) in [5, 5.41) is 0.774. The number of hydrogen-bond acceptors (Lipinski definition) is 5. The number of fused-ring (bicyclic) bond motifs is 5. The lowest BCUT2D eigenvalue weighted by molar-refractivity contribution is 0.174. The number of imidazole rings is 1. The summed E-state index contributed by atoms with van der Waals surface area (Å²) in [6.07, 6.45) is 3.43. The van der Waals surface area contributed by atoms with E-state index in [0.29, 0.717) is 38.5 Å². The fourth-order valence-corrected chi connectivity index (χ4v) is 3.88. The number of aromatic nitrogens is 3. The fourth-order valence-electron chi connectivity index (χ4n) is 3.42. The highest BCUT2D eigenvalue weighted by Gasteiger charge is 2.21. The van der Waals surface area contributed by atoms with Gasteiger partial charge in [0.25, 0.3) is 0 Å². The molecule has 0 radical (unpaired) electrons. The zero-order chi connectivity index (χ0) is 18.5. The molecular weight excluding hydrogens is 369 g/mol. The second-order valence-electron chi connectivity index (χ2n) is 6.20. The van der Waals surface area contributed by atoms with E-state index in [-0.39, 0.29) is 24.8 Å². The van der Waals surface area contributed by atoms with Gasteiger partial charge in [0.05, 0.1) is 23.8 Å². The van der Waals surface area contributed by atoms with Crippen LogP contribution in [0.25, 0.3) is 21.9 Å². The van der Waals surface area contributed by atoms with Crippen LogP contribution in [0.4, 0.5) is 4.39 Å². The van der Waals surface area contributed by atoms with Gasteiger partial charge in [0, 0.05) is 10.3 Å². The number of benzene rings is 2. The minimum absolute atomic E-state index is 0.148. The second kappa shape index (κ2) is 6.02. The van der Waals surface area contributed by atoms with E-state index in [1.165, 1.54) is 17.8 Å². The maximum Gasteiger partial charge on any atom is 0.326 e. The summed E-state index contributed by atoms with van der Waals surface area (Å²) >= 11 is 1.35. The van der Waals surface area contributed by atoms with E-state index in [4.69, 9.17) is 9.47 Å². The SMILES string of the molecule is CSc1ccc(Cn2c(=O)[nH]c3cnc4c5c(ccc4c32)OCO5)cc1F. The lowest BCUT2D eigenvalue weighted by Gasteiger charge is -2.08. The van der Waals surface area contributed by atoms with Gasteiger partial charge in [-0.05, 0) is 36.1 Å². The van der Waals surface area contributed by atoms with Gasteiger partial charge in [-0.15, -0.1) is 11.8 Å². The number of nitrogens with zero attached hydrogens (tertiary/aromatic N) is 2. The van der Waals surface area contributed by atoms with Gasteiger partial charge in [-0.2, -0.15) is 0 Å². The Morgan fingerprint density at radius 1 is 1.30 bits per heavy atom. The standard InChI is InChI=1S/C19H14FN3O3S/c1-27-15-5-2-10(6-12(15)20)8-23-17-11-3-4-14-18(26-9-25-14)16(11)21-7-13(17)22-19(23)24/h2-7H,8-9H2,1H3,(H,22,24). The smallest absolute Gasteiger partial charge is 0.326 e. The normalized spacial score (nSPS) is 13.0. The summed E-state index contributed by atoms with van der Waals surface area (Å²) in [7, 11) is 0. The first-order chi connectivity index (χ1) is 13.2. The predicted octanol–water partition coefficient (Wildman–Crippen LogP) is 3.52. The molecule has 0 unspecified atom stereocenters. The van der Waals surface area contributed by atoms with Gasteiger partial charge in [0.1, 0.15) is 11.3 Å². The zero-order valence-corrected chi connectivity index (χ0v) is 15.1. The van der Waals surface area contributed by atoms with Gasteiger partial charge < -0.3 is 14.5 Å². The second-order valence-corrected chi connectivity index (χ2v) is 7.05. The molecule has 5 rings (SSSR count). The molecule has 1 aliphatic rings. The van der Waals surface area contributed by atoms with Crippen LogP contribution < -0.4 is 15.2 Å². The van der Waals surface area contributed by atoms with Crippen molar-refractivity contribution in [3.05, 3.63) is 58.4 Å². The summed E-state index contributed by atoms with van der Waals surface area (Å²) < 4.78 is 26.7. The summed E-state index contributed by atoms with van der Waals surface area (Å²) in [5.41, 5.74) is 2.39. The molecule has 6 nitrogen and oxygen atoms in total. The highest BCUT2D eigenvalue weighted by molar-refractivity contribution is 7.98. The molecule has 27 heavy (non-hydrogen) atoms. The molecule has 0 atom stereocenters. The number of hydrogen-bond donors (Lipinski definition) is 1. The van der Waals surface area contributed by atoms with Crippen LogP contribution in [0, 0.1) is 5.82 Å². The maximum atomic E-state index is 14.1. The van der Waals surface area contributed by atoms with Crippen molar-refractivity contribution in [3.63, 3.8) is 0 Å². The number of pyridine rings is 1. The van der Waals surface area contributed by atoms with Crippen molar-refractivity contribution >= 4 is 33.7 Å². The van der Waals surface area contributed by atoms with E-state index < -0.39 is 0 Å². The van der Waals surface area contributed by atoms with Crippen LogP contribution in [-0.2, 0) is 6.54 Å². The molecule has 0 aliphatic carbocycles. The van der Waals surface area contributed by atoms with E-state index in [1.54, 1.807) is 22.9 Å². The Hall–Kier alpha value is -3.00. The number of thioether (sulfide) groups is 1. The van der Waals surface area contributed by atoms with Crippen molar-refractivity contribution in [1.82, 2.24) is 14.5 Å². The molecule has 2 aromatic heterocycles. The van der Waals surface area contributed by atoms with E-state index in [0.717, 1.165) is 5.39 Å². The highest BCUT2D eigenvalue weighted by Crippen LogP contribution is 2.39. The van der Waals surface area contributed by atoms with Gasteiger partial charge >= 0.3 is 5.69 Å². The van der Waals surface area contributed by atoms with Gasteiger partial charge in [0.15, 0.2) is 11.5 Å². The van der Waals surface area contributed by atoms with Gasteiger partial charge in [0.2, 0.25) is 6.79 Å². The van der Waals surface area contributed by atoms with Crippen molar-refractivity contribution in [2.75, 3.05) is 13.0 Å². The summed E-state index contributed by atoms with van der Waals surface area (Å²) in [6, 6.07) is 8.69. The number of rotatable bonds is 3. The van der Waals surface area contributed by atoms with Gasteiger partial charge in [-0.3, -0.25) is 4.57 Å². The molecule has 0 bridgehead atoms. The molecular formula is C19H14FN3O3S. The number of halogens is 1. The summed E-state index contributed by atoms with van der Waals surface area (Å²) in [4.78, 5) is 20.4. The van der Waals surface area contributed by atoms with Gasteiger partial charge in [-0.1, -0.05) is 6.07 Å². The number of ether oxygens (including phenoxy) is 2. The van der Waals surface area contributed by atoms with E-state index in [1.807, 2.05) is 18.4 Å². The molecule has 136 valence electrons. The Labute approximate surface area is 156 Å². The Morgan fingerprint density at radius 3 is 3.00 bits per heavy atom. The van der Waals surface area contributed by atoms with Crippen LogP contribution in [0.5, 0.6) is 11.5 Å². The number of nitrogens with one attached hydrogen (secondary N) is 1. The Morgan fingerprint density at radius 2 is 2.19 bits per heavy atom. The first-order valence-corrected chi connectivity index (χ1v) is 9.50. The maximum absolute atomic E-state index is 14.1. The number of aromatic amines is 1. The molecule has 2 aromatic carbocycles. The quantitative estimate of drug-likeness (QED) is 0.548. The fraction of sp³-hybridized carbons (Fsp3) is 0.158. The summed E-state index contributed by atoms with van der Waals surface area (Å²) in [5.74, 6) is 0.918. The largest absolute Gasteiger partial charge is 0.454 e. The van der Waals surface area contributed by atoms with E-state index >= 15 is 0 Å². The van der Waals surface area contributed by atoms with E-state index in [9.17, 15) is 9.18 Å². The van der Waals surface area contributed by atoms with Crippen molar-refractivity contribution in [2.45, 2.75) is 11.4 Å². The molecule has 3 heterocycles. The lowest BCUT2D eigenvalue weighted by atomic mass is 10.1. The third-order valence-corrected chi connectivity index (χ3v) is 5.43. The van der Waals surface area contributed by atoms with Crippen molar-refractivity contribution in [3.8, 4) is 11.5 Å². The zero-order valence-electron chi connectivity index (χ0n) is 14.3. The molecule has 1 aliphatic heterocycles. The highest BCUT2D eigenvalue weighted by atomic mass is 32.2. The molecule has 0 spiro atoms. The van der Waals surface area contributed by atoms with Crippen LogP contribution in [0.1, 0.15) is 5.56 Å². The summed E-state index contributed by atoms with van der Waals surface area (Å²) in [6.45, 7) is 0.396. The topological polar surface area (TPSA) is 69.1 Å². The molecule has 0 saturated heterocycles. The van der Waals surface area contributed by atoms with Crippen LogP contribution in [0.2, 0.25) is 0 Å².